The molecule has 0 unspecified atom stereocenters. The third-order valence-electron chi connectivity index (χ3n) is 3.68. The second-order valence-corrected chi connectivity index (χ2v) is 5.21. The zero-order valence-corrected chi connectivity index (χ0v) is 12.2. The molecule has 3 rings (SSSR count). The van der Waals surface area contributed by atoms with E-state index in [2.05, 4.69) is 22.4 Å². The van der Waals surface area contributed by atoms with Crippen LogP contribution in [-0.4, -0.2) is 10.9 Å². The smallest absolute Gasteiger partial charge is 0.253 e. The van der Waals surface area contributed by atoms with Gasteiger partial charge in [0.2, 0.25) is 5.56 Å². The third-order valence-corrected chi connectivity index (χ3v) is 3.68. The lowest BCUT2D eigenvalue weighted by Gasteiger charge is -2.16. The molecule has 0 aliphatic heterocycles. The van der Waals surface area contributed by atoms with Crippen molar-refractivity contribution in [2.75, 3.05) is 0 Å². The van der Waals surface area contributed by atoms with Crippen molar-refractivity contribution < 1.29 is 4.79 Å². The zero-order chi connectivity index (χ0) is 15.5. The molecule has 0 aliphatic rings. The minimum absolute atomic E-state index is 0.134. The van der Waals surface area contributed by atoms with Crippen molar-refractivity contribution in [3.05, 3.63) is 82.3 Å². The van der Waals surface area contributed by atoms with Crippen molar-refractivity contribution in [1.82, 2.24) is 10.3 Å². The van der Waals surface area contributed by atoms with Crippen LogP contribution in [0.1, 0.15) is 28.9 Å². The molecule has 0 radical (unpaired) electrons. The van der Waals surface area contributed by atoms with Gasteiger partial charge in [-0.05, 0) is 29.3 Å². The normalized spacial score (nSPS) is 12.0. The number of hydrogen-bond donors (Lipinski definition) is 2. The van der Waals surface area contributed by atoms with Crippen LogP contribution in [0.25, 0.3) is 10.8 Å². The van der Waals surface area contributed by atoms with Crippen LogP contribution in [0.3, 0.4) is 0 Å². The second kappa shape index (κ2) is 5.85. The predicted molar refractivity (Wildman–Crippen MR) is 86.9 cm³/mol. The second-order valence-electron chi connectivity index (χ2n) is 5.21. The van der Waals surface area contributed by atoms with Crippen LogP contribution in [0.2, 0.25) is 0 Å². The van der Waals surface area contributed by atoms with Crippen LogP contribution < -0.4 is 10.9 Å². The summed E-state index contributed by atoms with van der Waals surface area (Å²) in [6, 6.07) is 16.9. The molecule has 0 fully saturated rings. The Morgan fingerprint density at radius 2 is 1.82 bits per heavy atom. The monoisotopic (exact) mass is 292 g/mol. The number of benzene rings is 2. The average molecular weight is 292 g/mol. The standard InChI is InChI=1S/C18H16N2O2/c1-12(20-18(22)14-9-10-17(21)19-11-14)15-8-4-6-13-5-2-3-7-16(13)15/h2-12H,1H3,(H,19,21)(H,20,22)/t12-/m1/s1. The summed E-state index contributed by atoms with van der Waals surface area (Å²) in [5.41, 5.74) is 1.28. The number of pyridine rings is 1. The number of nitrogens with one attached hydrogen (secondary N) is 2. The lowest BCUT2D eigenvalue weighted by Crippen LogP contribution is -2.27. The van der Waals surface area contributed by atoms with Crippen molar-refractivity contribution in [1.29, 1.82) is 0 Å². The van der Waals surface area contributed by atoms with Gasteiger partial charge in [0.1, 0.15) is 0 Å². The number of aromatic amines is 1. The summed E-state index contributed by atoms with van der Waals surface area (Å²) >= 11 is 0. The molecule has 110 valence electrons. The van der Waals surface area contributed by atoms with Crippen molar-refractivity contribution in [3.63, 3.8) is 0 Å². The summed E-state index contributed by atoms with van der Waals surface area (Å²) < 4.78 is 0. The van der Waals surface area contributed by atoms with Crippen LogP contribution in [-0.2, 0) is 0 Å². The topological polar surface area (TPSA) is 62.0 Å². The molecule has 2 N–H and O–H groups in total. The molecule has 1 aromatic heterocycles. The number of fused-ring (bicyclic) bond motifs is 1. The van der Waals surface area contributed by atoms with Crippen LogP contribution in [0.4, 0.5) is 0 Å². The molecule has 1 atom stereocenters. The lowest BCUT2D eigenvalue weighted by molar-refractivity contribution is 0.0939. The number of aromatic nitrogens is 1. The maximum Gasteiger partial charge on any atom is 0.253 e. The molecule has 4 heteroatoms. The van der Waals surface area contributed by atoms with Gasteiger partial charge in [0.15, 0.2) is 0 Å². The SMILES string of the molecule is C[C@@H](NC(=O)c1ccc(=O)[nH]c1)c1cccc2ccccc12. The maximum atomic E-state index is 12.2. The van der Waals surface area contributed by atoms with Crippen molar-refractivity contribution in [2.24, 2.45) is 0 Å². The molecule has 0 spiro atoms. The van der Waals surface area contributed by atoms with Gasteiger partial charge in [-0.2, -0.15) is 0 Å². The Bertz CT molecular complexity index is 858. The minimum atomic E-state index is -0.223. The van der Waals surface area contributed by atoms with Gasteiger partial charge < -0.3 is 10.3 Å². The average Bonchev–Trinajstić information content (AvgIpc) is 2.54. The Hall–Kier alpha value is -2.88. The zero-order valence-electron chi connectivity index (χ0n) is 12.2. The van der Waals surface area contributed by atoms with Crippen molar-refractivity contribution in [2.45, 2.75) is 13.0 Å². The summed E-state index contributed by atoms with van der Waals surface area (Å²) in [6.07, 6.45) is 1.42. The Balaban J connectivity index is 1.87. The fourth-order valence-electron chi connectivity index (χ4n) is 2.54. The summed E-state index contributed by atoms with van der Waals surface area (Å²) in [6.45, 7) is 1.95. The highest BCUT2D eigenvalue weighted by Gasteiger charge is 2.13. The molecule has 22 heavy (non-hydrogen) atoms. The molecule has 0 saturated carbocycles. The highest BCUT2D eigenvalue weighted by Crippen LogP contribution is 2.24. The first kappa shape index (κ1) is 14.1. The van der Waals surface area contributed by atoms with E-state index in [1.54, 1.807) is 0 Å². The Labute approximate surface area is 127 Å². The highest BCUT2D eigenvalue weighted by atomic mass is 16.2. The fourth-order valence-corrected chi connectivity index (χ4v) is 2.54. The lowest BCUT2D eigenvalue weighted by atomic mass is 9.99. The molecule has 0 aliphatic carbocycles. The van der Waals surface area contributed by atoms with E-state index in [9.17, 15) is 9.59 Å². The minimum Gasteiger partial charge on any atom is -0.345 e. The van der Waals surface area contributed by atoms with E-state index >= 15 is 0 Å². The van der Waals surface area contributed by atoms with E-state index in [4.69, 9.17) is 0 Å². The third kappa shape index (κ3) is 2.76. The fraction of sp³-hybridized carbons (Fsp3) is 0.111. The molecule has 3 aromatic rings. The van der Waals surface area contributed by atoms with E-state index in [1.165, 1.54) is 18.3 Å². The first-order valence-corrected chi connectivity index (χ1v) is 7.12. The van der Waals surface area contributed by atoms with E-state index in [0.29, 0.717) is 5.56 Å². The number of H-pyrrole nitrogens is 1. The summed E-state index contributed by atoms with van der Waals surface area (Å²) in [7, 11) is 0. The van der Waals surface area contributed by atoms with E-state index < -0.39 is 0 Å². The van der Waals surface area contributed by atoms with Crippen LogP contribution >= 0.6 is 0 Å². The van der Waals surface area contributed by atoms with E-state index in [0.717, 1.165) is 16.3 Å². The van der Waals surface area contributed by atoms with E-state index in [1.807, 2.05) is 37.3 Å². The van der Waals surface area contributed by atoms with Gasteiger partial charge in [-0.3, -0.25) is 9.59 Å². The Kier molecular flexibility index (Phi) is 3.74. The first-order chi connectivity index (χ1) is 10.6. The van der Waals surface area contributed by atoms with Crippen molar-refractivity contribution >= 4 is 16.7 Å². The Morgan fingerprint density at radius 3 is 2.59 bits per heavy atom. The van der Waals surface area contributed by atoms with Crippen LogP contribution in [0, 0.1) is 0 Å². The molecule has 1 heterocycles. The van der Waals surface area contributed by atoms with Gasteiger partial charge in [0.05, 0.1) is 11.6 Å². The summed E-state index contributed by atoms with van der Waals surface area (Å²) in [4.78, 5) is 25.8. The number of rotatable bonds is 3. The molecular weight excluding hydrogens is 276 g/mol. The summed E-state index contributed by atoms with van der Waals surface area (Å²) in [5.74, 6) is -0.211. The molecule has 4 nitrogen and oxygen atoms in total. The van der Waals surface area contributed by atoms with E-state index in [-0.39, 0.29) is 17.5 Å². The highest BCUT2D eigenvalue weighted by molar-refractivity contribution is 5.94. The first-order valence-electron chi connectivity index (χ1n) is 7.12. The van der Waals surface area contributed by atoms with Gasteiger partial charge in [0, 0.05) is 12.3 Å². The van der Waals surface area contributed by atoms with Gasteiger partial charge in [-0.25, -0.2) is 0 Å². The van der Waals surface area contributed by atoms with Gasteiger partial charge >= 0.3 is 0 Å². The molecular formula is C18H16N2O2. The number of amides is 1. The van der Waals surface area contributed by atoms with Gasteiger partial charge in [-0.1, -0.05) is 42.5 Å². The largest absolute Gasteiger partial charge is 0.345 e. The van der Waals surface area contributed by atoms with Crippen LogP contribution in [0.5, 0.6) is 0 Å². The molecule has 0 bridgehead atoms. The number of hydrogen-bond acceptors (Lipinski definition) is 2. The maximum absolute atomic E-state index is 12.2. The summed E-state index contributed by atoms with van der Waals surface area (Å²) in [5, 5.41) is 5.23. The van der Waals surface area contributed by atoms with Gasteiger partial charge in [-0.15, -0.1) is 0 Å². The van der Waals surface area contributed by atoms with Crippen molar-refractivity contribution in [3.8, 4) is 0 Å². The predicted octanol–water partition coefficient (Wildman–Crippen LogP) is 3.02. The number of carbonyl (C=O) groups excluding carboxylic acids is 1. The molecule has 2 aromatic carbocycles. The number of carbonyl (C=O) groups is 1. The van der Waals surface area contributed by atoms with Crippen LogP contribution in [0.15, 0.2) is 65.6 Å². The molecule has 1 amide bonds. The Morgan fingerprint density at radius 1 is 1.05 bits per heavy atom. The quantitative estimate of drug-likeness (QED) is 0.779. The van der Waals surface area contributed by atoms with Gasteiger partial charge in [0.25, 0.3) is 5.91 Å². The molecule has 0 saturated heterocycles.